The standard InChI is InChI=1S/C7H13F2N/c8-7(9)4-5-10-6-2-1-3-6/h6-7,10H,1-5H2. The first kappa shape index (κ1) is 7.92. The Hall–Kier alpha value is -0.180. The average molecular weight is 149 g/mol. The predicted octanol–water partition coefficient (Wildman–Crippen LogP) is 1.78. The number of rotatable bonds is 4. The summed E-state index contributed by atoms with van der Waals surface area (Å²) < 4.78 is 23.1. The van der Waals surface area contributed by atoms with Crippen LogP contribution < -0.4 is 5.32 Å². The number of hydrogen-bond donors (Lipinski definition) is 1. The maximum Gasteiger partial charge on any atom is 0.239 e. The van der Waals surface area contributed by atoms with Crippen LogP contribution in [0.5, 0.6) is 0 Å². The molecule has 3 heteroatoms. The quantitative estimate of drug-likeness (QED) is 0.642. The van der Waals surface area contributed by atoms with Crippen molar-refractivity contribution >= 4 is 0 Å². The van der Waals surface area contributed by atoms with E-state index < -0.39 is 6.43 Å². The first-order valence-corrected chi connectivity index (χ1v) is 3.80. The van der Waals surface area contributed by atoms with Gasteiger partial charge in [0.1, 0.15) is 0 Å². The van der Waals surface area contributed by atoms with Crippen molar-refractivity contribution in [2.75, 3.05) is 6.54 Å². The van der Waals surface area contributed by atoms with Crippen LogP contribution in [-0.4, -0.2) is 19.0 Å². The summed E-state index contributed by atoms with van der Waals surface area (Å²) in [6, 6.07) is 0.541. The molecule has 1 fully saturated rings. The van der Waals surface area contributed by atoms with Gasteiger partial charge in [0.25, 0.3) is 0 Å². The maximum atomic E-state index is 11.6. The molecule has 0 aromatic rings. The second kappa shape index (κ2) is 3.86. The van der Waals surface area contributed by atoms with Crippen molar-refractivity contribution in [3.8, 4) is 0 Å². The summed E-state index contributed by atoms with van der Waals surface area (Å²) in [5.41, 5.74) is 0. The summed E-state index contributed by atoms with van der Waals surface area (Å²) in [5, 5.41) is 3.07. The van der Waals surface area contributed by atoms with E-state index >= 15 is 0 Å². The molecular weight excluding hydrogens is 136 g/mol. The molecule has 10 heavy (non-hydrogen) atoms. The number of halogens is 2. The molecule has 0 aliphatic heterocycles. The predicted molar refractivity (Wildman–Crippen MR) is 36.3 cm³/mol. The Kier molecular flexibility index (Phi) is 3.06. The summed E-state index contributed by atoms with van der Waals surface area (Å²) in [5.74, 6) is 0. The molecule has 0 amide bonds. The van der Waals surface area contributed by atoms with Crippen LogP contribution in [0.3, 0.4) is 0 Å². The molecule has 0 heterocycles. The summed E-state index contributed by atoms with van der Waals surface area (Å²) in [6.07, 6.45) is 1.45. The van der Waals surface area contributed by atoms with Crippen LogP contribution in [0, 0.1) is 0 Å². The smallest absolute Gasteiger partial charge is 0.239 e. The van der Waals surface area contributed by atoms with Gasteiger partial charge in [0.05, 0.1) is 0 Å². The molecule has 60 valence electrons. The van der Waals surface area contributed by atoms with Gasteiger partial charge in [0.2, 0.25) is 6.43 Å². The average Bonchev–Trinajstić information content (AvgIpc) is 1.75. The minimum absolute atomic E-state index is 0.00347. The van der Waals surface area contributed by atoms with E-state index in [0.717, 1.165) is 0 Å². The Morgan fingerprint density at radius 2 is 2.10 bits per heavy atom. The van der Waals surface area contributed by atoms with Crippen LogP contribution in [0.4, 0.5) is 8.78 Å². The van der Waals surface area contributed by atoms with Gasteiger partial charge in [-0.05, 0) is 12.8 Å². The van der Waals surface area contributed by atoms with E-state index in [1.54, 1.807) is 0 Å². The molecule has 1 aliphatic carbocycles. The molecule has 0 bridgehead atoms. The molecule has 0 saturated heterocycles. The fourth-order valence-corrected chi connectivity index (χ4v) is 1.01. The van der Waals surface area contributed by atoms with Crippen LogP contribution in [0.2, 0.25) is 0 Å². The van der Waals surface area contributed by atoms with Crippen molar-refractivity contribution in [1.29, 1.82) is 0 Å². The minimum atomic E-state index is -2.15. The first-order chi connectivity index (χ1) is 4.79. The zero-order chi connectivity index (χ0) is 7.40. The number of nitrogens with one attached hydrogen (secondary N) is 1. The molecule has 1 aliphatic rings. The highest BCUT2D eigenvalue weighted by Gasteiger charge is 2.16. The van der Waals surface area contributed by atoms with E-state index in [1.165, 1.54) is 19.3 Å². The van der Waals surface area contributed by atoms with Crippen molar-refractivity contribution in [2.45, 2.75) is 38.2 Å². The van der Waals surface area contributed by atoms with Crippen LogP contribution in [0.1, 0.15) is 25.7 Å². The second-order valence-electron chi connectivity index (χ2n) is 2.76. The van der Waals surface area contributed by atoms with E-state index in [-0.39, 0.29) is 6.42 Å². The van der Waals surface area contributed by atoms with Crippen LogP contribution in [0.25, 0.3) is 0 Å². The first-order valence-electron chi connectivity index (χ1n) is 3.80. The second-order valence-corrected chi connectivity index (χ2v) is 2.76. The van der Waals surface area contributed by atoms with Gasteiger partial charge >= 0.3 is 0 Å². The van der Waals surface area contributed by atoms with E-state index in [2.05, 4.69) is 5.32 Å². The third kappa shape index (κ3) is 2.60. The highest BCUT2D eigenvalue weighted by atomic mass is 19.3. The lowest BCUT2D eigenvalue weighted by Crippen LogP contribution is -2.36. The molecule has 0 radical (unpaired) electrons. The van der Waals surface area contributed by atoms with Gasteiger partial charge in [0, 0.05) is 19.0 Å². The van der Waals surface area contributed by atoms with E-state index in [1.807, 2.05) is 0 Å². The summed E-state index contributed by atoms with van der Waals surface area (Å²) in [7, 11) is 0. The van der Waals surface area contributed by atoms with E-state index in [4.69, 9.17) is 0 Å². The Morgan fingerprint density at radius 3 is 2.50 bits per heavy atom. The molecule has 0 spiro atoms. The van der Waals surface area contributed by atoms with Gasteiger partial charge in [-0.3, -0.25) is 0 Å². The van der Waals surface area contributed by atoms with Gasteiger partial charge in [-0.15, -0.1) is 0 Å². The minimum Gasteiger partial charge on any atom is -0.314 e. The van der Waals surface area contributed by atoms with Gasteiger partial charge in [-0.2, -0.15) is 0 Å². The highest BCUT2D eigenvalue weighted by Crippen LogP contribution is 2.17. The molecular formula is C7H13F2N. The topological polar surface area (TPSA) is 12.0 Å². The van der Waals surface area contributed by atoms with Crippen LogP contribution >= 0.6 is 0 Å². The largest absolute Gasteiger partial charge is 0.314 e. The molecule has 1 nitrogen and oxygen atoms in total. The molecule has 1 saturated carbocycles. The molecule has 0 atom stereocenters. The van der Waals surface area contributed by atoms with Crippen molar-refractivity contribution in [1.82, 2.24) is 5.32 Å². The van der Waals surface area contributed by atoms with Crippen molar-refractivity contribution < 1.29 is 8.78 Å². The summed E-state index contributed by atoms with van der Waals surface area (Å²) in [4.78, 5) is 0. The van der Waals surface area contributed by atoms with Crippen LogP contribution in [-0.2, 0) is 0 Å². The normalized spacial score (nSPS) is 19.5. The Balaban J connectivity index is 1.85. The third-order valence-corrected chi connectivity index (χ3v) is 1.90. The summed E-state index contributed by atoms with van der Waals surface area (Å²) >= 11 is 0. The summed E-state index contributed by atoms with van der Waals surface area (Å²) in [6.45, 7) is 0.475. The van der Waals surface area contributed by atoms with Crippen molar-refractivity contribution in [2.24, 2.45) is 0 Å². The highest BCUT2D eigenvalue weighted by molar-refractivity contribution is 4.75. The van der Waals surface area contributed by atoms with E-state index in [0.29, 0.717) is 12.6 Å². The fourth-order valence-electron chi connectivity index (χ4n) is 1.01. The van der Waals surface area contributed by atoms with Gasteiger partial charge in [-0.25, -0.2) is 8.78 Å². The SMILES string of the molecule is FC(F)CCNC1CCC1. The van der Waals surface area contributed by atoms with Gasteiger partial charge in [0.15, 0.2) is 0 Å². The van der Waals surface area contributed by atoms with Gasteiger partial charge in [-0.1, -0.05) is 6.42 Å². The number of hydrogen-bond acceptors (Lipinski definition) is 1. The van der Waals surface area contributed by atoms with Crippen molar-refractivity contribution in [3.05, 3.63) is 0 Å². The maximum absolute atomic E-state index is 11.6. The fraction of sp³-hybridized carbons (Fsp3) is 1.00. The molecule has 0 aromatic heterocycles. The zero-order valence-electron chi connectivity index (χ0n) is 5.95. The molecule has 1 N–H and O–H groups in total. The molecule has 0 unspecified atom stereocenters. The lowest BCUT2D eigenvalue weighted by atomic mass is 9.93. The van der Waals surface area contributed by atoms with Crippen LogP contribution in [0.15, 0.2) is 0 Å². The monoisotopic (exact) mass is 149 g/mol. The molecule has 0 aromatic carbocycles. The lowest BCUT2D eigenvalue weighted by molar-refractivity contribution is 0.134. The third-order valence-electron chi connectivity index (χ3n) is 1.90. The van der Waals surface area contributed by atoms with E-state index in [9.17, 15) is 8.78 Å². The van der Waals surface area contributed by atoms with Gasteiger partial charge < -0.3 is 5.32 Å². The molecule has 1 rings (SSSR count). The van der Waals surface area contributed by atoms with Crippen molar-refractivity contribution in [3.63, 3.8) is 0 Å². The zero-order valence-corrected chi connectivity index (χ0v) is 5.95. The Labute approximate surface area is 59.8 Å². The number of alkyl halides is 2. The Morgan fingerprint density at radius 1 is 1.40 bits per heavy atom. The lowest BCUT2D eigenvalue weighted by Gasteiger charge is -2.26. The Bertz CT molecular complexity index is 91.6.